The summed E-state index contributed by atoms with van der Waals surface area (Å²) in [6, 6.07) is 3.44. The van der Waals surface area contributed by atoms with E-state index in [1.807, 2.05) is 0 Å². The zero-order chi connectivity index (χ0) is 19.2. The average Bonchev–Trinajstić information content (AvgIpc) is 2.62. The fourth-order valence-corrected chi connectivity index (χ4v) is 1.88. The molecule has 1 N–H and O–H groups in total. The minimum Gasteiger partial charge on any atom is -0.382 e. The van der Waals surface area contributed by atoms with Crippen molar-refractivity contribution >= 4 is 17.1 Å². The molecule has 1 rings (SSSR count). The fourth-order valence-electron chi connectivity index (χ4n) is 1.88. The first-order valence-electron chi connectivity index (χ1n) is 7.95. The number of ether oxygens (including phenoxy) is 4. The molecule has 0 spiro atoms. The second-order valence-electron chi connectivity index (χ2n) is 4.97. The number of hydrogen-bond acceptors (Lipinski definition) is 9. The van der Waals surface area contributed by atoms with E-state index in [0.717, 1.165) is 6.07 Å². The molecule has 0 aliphatic carbocycles. The zero-order valence-electron chi connectivity index (χ0n) is 14.5. The van der Waals surface area contributed by atoms with E-state index in [1.165, 1.54) is 12.1 Å². The summed E-state index contributed by atoms with van der Waals surface area (Å²) < 4.78 is 20.7. The number of rotatable bonds is 15. The zero-order valence-corrected chi connectivity index (χ0v) is 14.5. The fraction of sp³-hybridized carbons (Fsp3) is 0.600. The summed E-state index contributed by atoms with van der Waals surface area (Å²) in [6.07, 6.45) is 0. The second kappa shape index (κ2) is 12.9. The molecule has 0 aliphatic rings. The number of methoxy groups -OCH3 is 1. The number of nitrogens with zero attached hydrogens (tertiary/aromatic N) is 2. The first kappa shape index (κ1) is 21.7. The average molecular weight is 373 g/mol. The van der Waals surface area contributed by atoms with Crippen LogP contribution in [0.2, 0.25) is 0 Å². The molecule has 0 fully saturated rings. The van der Waals surface area contributed by atoms with E-state index in [2.05, 4.69) is 5.32 Å². The third-order valence-electron chi connectivity index (χ3n) is 3.13. The van der Waals surface area contributed by atoms with E-state index in [1.54, 1.807) is 7.11 Å². The molecule has 1 aromatic rings. The molecule has 26 heavy (non-hydrogen) atoms. The Morgan fingerprint density at radius 3 is 2.00 bits per heavy atom. The van der Waals surface area contributed by atoms with Crippen LogP contribution in [0.1, 0.15) is 0 Å². The van der Waals surface area contributed by atoms with Crippen molar-refractivity contribution in [2.24, 2.45) is 0 Å². The van der Waals surface area contributed by atoms with Gasteiger partial charge in [0.15, 0.2) is 0 Å². The Bertz CT molecular complexity index is 570. The molecule has 0 unspecified atom stereocenters. The molecular formula is C15H23N3O8. The largest absolute Gasteiger partial charge is 0.382 e. The lowest BCUT2D eigenvalue weighted by atomic mass is 10.2. The molecule has 0 bridgehead atoms. The maximum Gasteiger partial charge on any atom is 0.299 e. The molecule has 0 saturated carbocycles. The molecule has 0 atom stereocenters. The van der Waals surface area contributed by atoms with Gasteiger partial charge in [0.2, 0.25) is 0 Å². The van der Waals surface area contributed by atoms with E-state index >= 15 is 0 Å². The van der Waals surface area contributed by atoms with Crippen molar-refractivity contribution in [3.8, 4) is 0 Å². The van der Waals surface area contributed by atoms with Gasteiger partial charge in [-0.05, 0) is 6.07 Å². The van der Waals surface area contributed by atoms with Crippen molar-refractivity contribution < 1.29 is 28.8 Å². The topological polar surface area (TPSA) is 135 Å². The monoisotopic (exact) mass is 373 g/mol. The molecule has 11 nitrogen and oxygen atoms in total. The Hall–Kier alpha value is -2.34. The highest BCUT2D eigenvalue weighted by Crippen LogP contribution is 2.28. The van der Waals surface area contributed by atoms with E-state index in [-0.39, 0.29) is 17.1 Å². The van der Waals surface area contributed by atoms with Crippen molar-refractivity contribution in [3.63, 3.8) is 0 Å². The minimum absolute atomic E-state index is 0.202. The van der Waals surface area contributed by atoms with Crippen LogP contribution in [0.15, 0.2) is 18.2 Å². The summed E-state index contributed by atoms with van der Waals surface area (Å²) >= 11 is 0. The van der Waals surface area contributed by atoms with Crippen LogP contribution in [0.3, 0.4) is 0 Å². The highest BCUT2D eigenvalue weighted by molar-refractivity contribution is 5.65. The van der Waals surface area contributed by atoms with Gasteiger partial charge in [-0.2, -0.15) is 0 Å². The maximum absolute atomic E-state index is 11.0. The van der Waals surface area contributed by atoms with Gasteiger partial charge < -0.3 is 24.3 Å². The Kier molecular flexibility index (Phi) is 10.8. The van der Waals surface area contributed by atoms with E-state index in [0.29, 0.717) is 52.8 Å². The van der Waals surface area contributed by atoms with E-state index in [4.69, 9.17) is 18.9 Å². The molecule has 0 aliphatic heterocycles. The van der Waals surface area contributed by atoms with Gasteiger partial charge >= 0.3 is 0 Å². The van der Waals surface area contributed by atoms with Crippen LogP contribution in [0.5, 0.6) is 0 Å². The normalized spacial score (nSPS) is 10.7. The number of anilines is 1. The Morgan fingerprint density at radius 1 is 0.885 bits per heavy atom. The van der Waals surface area contributed by atoms with Crippen molar-refractivity contribution in [3.05, 3.63) is 38.4 Å². The highest BCUT2D eigenvalue weighted by Gasteiger charge is 2.18. The van der Waals surface area contributed by atoms with Gasteiger partial charge in [0, 0.05) is 19.7 Å². The summed E-state index contributed by atoms with van der Waals surface area (Å²) in [4.78, 5) is 20.3. The van der Waals surface area contributed by atoms with Gasteiger partial charge in [-0.25, -0.2) is 0 Å². The van der Waals surface area contributed by atoms with E-state index < -0.39 is 9.85 Å². The number of nitrogens with one attached hydrogen (secondary N) is 1. The number of benzene rings is 1. The van der Waals surface area contributed by atoms with E-state index in [9.17, 15) is 20.2 Å². The van der Waals surface area contributed by atoms with Crippen molar-refractivity contribution in [2.45, 2.75) is 0 Å². The van der Waals surface area contributed by atoms with Crippen LogP contribution in [-0.4, -0.2) is 69.7 Å². The number of hydrogen-bond donors (Lipinski definition) is 1. The van der Waals surface area contributed by atoms with Crippen molar-refractivity contribution in [1.82, 2.24) is 0 Å². The summed E-state index contributed by atoms with van der Waals surface area (Å²) in [6.45, 7) is 3.42. The lowest BCUT2D eigenvalue weighted by molar-refractivity contribution is -0.393. The van der Waals surface area contributed by atoms with Crippen LogP contribution in [0.4, 0.5) is 17.1 Å². The predicted octanol–water partition coefficient (Wildman–Crippen LogP) is 1.61. The molecule has 0 amide bonds. The lowest BCUT2D eigenvalue weighted by Crippen LogP contribution is -2.14. The lowest BCUT2D eigenvalue weighted by Gasteiger charge is -2.08. The van der Waals surface area contributed by atoms with Gasteiger partial charge in [0.1, 0.15) is 5.69 Å². The minimum atomic E-state index is -0.678. The molecule has 0 heterocycles. The standard InChI is InChI=1S/C15H23N3O8/c1-23-6-7-25-10-11-26-9-8-24-5-4-16-14-3-2-13(17(19)20)12-15(14)18(21)22/h2-3,12,16H,4-11H2,1H3. The number of non-ortho nitro benzene ring substituents is 1. The summed E-state index contributed by atoms with van der Waals surface area (Å²) in [7, 11) is 1.60. The Labute approximate surface area is 150 Å². The van der Waals surface area contributed by atoms with Crippen LogP contribution in [-0.2, 0) is 18.9 Å². The predicted molar refractivity (Wildman–Crippen MR) is 92.6 cm³/mol. The third-order valence-corrected chi connectivity index (χ3v) is 3.13. The van der Waals surface area contributed by atoms with Crippen LogP contribution in [0.25, 0.3) is 0 Å². The number of nitro groups is 2. The highest BCUT2D eigenvalue weighted by atomic mass is 16.6. The van der Waals surface area contributed by atoms with Gasteiger partial charge in [-0.15, -0.1) is 0 Å². The van der Waals surface area contributed by atoms with Crippen molar-refractivity contribution in [1.29, 1.82) is 0 Å². The summed E-state index contributed by atoms with van der Waals surface area (Å²) in [5, 5.41) is 24.5. The summed E-state index contributed by atoms with van der Waals surface area (Å²) in [5.41, 5.74) is -0.480. The van der Waals surface area contributed by atoms with Gasteiger partial charge in [-0.3, -0.25) is 20.2 Å². The Balaban J connectivity index is 2.16. The van der Waals surface area contributed by atoms with Crippen LogP contribution in [0, 0.1) is 20.2 Å². The van der Waals surface area contributed by atoms with Crippen LogP contribution < -0.4 is 5.32 Å². The molecule has 0 radical (unpaired) electrons. The smallest absolute Gasteiger partial charge is 0.299 e. The third kappa shape index (κ3) is 8.67. The SMILES string of the molecule is COCCOCCOCCOCCNc1ccc([N+](=O)[O-])cc1[N+](=O)[O-]. The quantitative estimate of drug-likeness (QED) is 0.276. The Morgan fingerprint density at radius 2 is 1.46 bits per heavy atom. The molecule has 0 aromatic heterocycles. The van der Waals surface area contributed by atoms with Crippen molar-refractivity contribution in [2.75, 3.05) is 65.2 Å². The number of nitro benzene ring substituents is 2. The van der Waals surface area contributed by atoms with Crippen LogP contribution >= 0.6 is 0 Å². The maximum atomic E-state index is 11.0. The van der Waals surface area contributed by atoms with Gasteiger partial charge in [0.05, 0.1) is 62.2 Å². The molecule has 146 valence electrons. The molecular weight excluding hydrogens is 350 g/mol. The molecule has 1 aromatic carbocycles. The first-order valence-corrected chi connectivity index (χ1v) is 7.95. The van der Waals surface area contributed by atoms with Gasteiger partial charge in [0.25, 0.3) is 11.4 Å². The second-order valence-corrected chi connectivity index (χ2v) is 4.97. The van der Waals surface area contributed by atoms with Gasteiger partial charge in [-0.1, -0.05) is 0 Å². The first-order chi connectivity index (χ1) is 12.6. The summed E-state index contributed by atoms with van der Waals surface area (Å²) in [5.74, 6) is 0. The molecule has 11 heteroatoms. The molecule has 0 saturated heterocycles.